The second kappa shape index (κ2) is 6.28. The zero-order valence-corrected chi connectivity index (χ0v) is 11.1. The Labute approximate surface area is 104 Å². The summed E-state index contributed by atoms with van der Waals surface area (Å²) in [5, 5.41) is 6.03. The predicted octanol–water partition coefficient (Wildman–Crippen LogP) is 2.49. The van der Waals surface area contributed by atoms with Crippen molar-refractivity contribution in [1.29, 1.82) is 0 Å². The third-order valence-corrected chi connectivity index (χ3v) is 2.53. The van der Waals surface area contributed by atoms with Crippen LogP contribution in [0.3, 0.4) is 0 Å². The van der Waals surface area contributed by atoms with Crippen LogP contribution in [-0.2, 0) is 4.79 Å². The number of aryl methyl sites for hydroxylation is 2. The van der Waals surface area contributed by atoms with Crippen LogP contribution >= 0.6 is 0 Å². The van der Waals surface area contributed by atoms with E-state index in [1.54, 1.807) is 0 Å². The number of nitrogens with one attached hydrogen (secondary N) is 2. The van der Waals surface area contributed by atoms with E-state index in [4.69, 9.17) is 0 Å². The smallest absolute Gasteiger partial charge is 0.239 e. The van der Waals surface area contributed by atoms with Crippen LogP contribution in [0.5, 0.6) is 0 Å². The van der Waals surface area contributed by atoms with Gasteiger partial charge in [0.15, 0.2) is 0 Å². The van der Waals surface area contributed by atoms with E-state index < -0.39 is 0 Å². The summed E-state index contributed by atoms with van der Waals surface area (Å²) in [6, 6.07) is 6.16. The molecule has 0 bridgehead atoms. The van der Waals surface area contributed by atoms with Crippen LogP contribution in [0, 0.1) is 19.8 Å². The van der Waals surface area contributed by atoms with Gasteiger partial charge < -0.3 is 10.6 Å². The molecule has 0 saturated carbocycles. The summed E-state index contributed by atoms with van der Waals surface area (Å²) >= 11 is 0. The second-order valence-corrected chi connectivity index (χ2v) is 4.87. The minimum absolute atomic E-state index is 0.0404. The largest absolute Gasteiger partial charge is 0.376 e. The van der Waals surface area contributed by atoms with Gasteiger partial charge in [-0.1, -0.05) is 31.5 Å². The molecular formula is C14H22N2O. The molecule has 0 radical (unpaired) electrons. The maximum Gasteiger partial charge on any atom is 0.239 e. The fourth-order valence-electron chi connectivity index (χ4n) is 1.57. The molecule has 0 aliphatic heterocycles. The number of rotatable bonds is 5. The van der Waals surface area contributed by atoms with Crippen molar-refractivity contribution in [2.75, 3.05) is 18.4 Å². The minimum atomic E-state index is 0.0404. The zero-order valence-electron chi connectivity index (χ0n) is 11.1. The van der Waals surface area contributed by atoms with Crippen LogP contribution in [0.4, 0.5) is 5.69 Å². The van der Waals surface area contributed by atoms with Gasteiger partial charge in [0.05, 0.1) is 6.54 Å². The molecule has 0 aliphatic carbocycles. The number of amides is 1. The lowest BCUT2D eigenvalue weighted by Crippen LogP contribution is -2.32. The molecule has 94 valence electrons. The Balaban J connectivity index is 2.42. The van der Waals surface area contributed by atoms with E-state index in [0.29, 0.717) is 12.5 Å². The Morgan fingerprint density at radius 3 is 2.59 bits per heavy atom. The average molecular weight is 234 g/mol. The third kappa shape index (κ3) is 4.89. The molecule has 1 rings (SSSR count). The lowest BCUT2D eigenvalue weighted by Gasteiger charge is -2.11. The van der Waals surface area contributed by atoms with Crippen molar-refractivity contribution < 1.29 is 4.79 Å². The highest BCUT2D eigenvalue weighted by atomic mass is 16.1. The Bertz CT molecular complexity index is 386. The standard InChI is InChI=1S/C14H22N2O/c1-10(2)8-16-14(17)9-15-13-6-5-11(3)7-12(13)4/h5-7,10,15H,8-9H2,1-4H3,(H,16,17). The third-order valence-electron chi connectivity index (χ3n) is 2.53. The average Bonchev–Trinajstić information content (AvgIpc) is 2.25. The number of carbonyl (C=O) groups is 1. The fourth-order valence-corrected chi connectivity index (χ4v) is 1.57. The molecule has 0 aromatic heterocycles. The summed E-state index contributed by atoms with van der Waals surface area (Å²) in [5.41, 5.74) is 3.43. The summed E-state index contributed by atoms with van der Waals surface area (Å²) in [7, 11) is 0. The highest BCUT2D eigenvalue weighted by Crippen LogP contribution is 2.15. The van der Waals surface area contributed by atoms with Crippen molar-refractivity contribution in [3.8, 4) is 0 Å². The van der Waals surface area contributed by atoms with E-state index in [9.17, 15) is 4.79 Å². The van der Waals surface area contributed by atoms with Gasteiger partial charge in [0.2, 0.25) is 5.91 Å². The maximum atomic E-state index is 11.5. The SMILES string of the molecule is Cc1ccc(NCC(=O)NCC(C)C)c(C)c1. The second-order valence-electron chi connectivity index (χ2n) is 4.87. The van der Waals surface area contributed by atoms with Crippen LogP contribution in [0.15, 0.2) is 18.2 Å². The maximum absolute atomic E-state index is 11.5. The Hall–Kier alpha value is -1.51. The van der Waals surface area contributed by atoms with E-state index >= 15 is 0 Å². The van der Waals surface area contributed by atoms with Gasteiger partial charge in [-0.05, 0) is 31.4 Å². The molecule has 1 aromatic carbocycles. The molecule has 0 atom stereocenters. The van der Waals surface area contributed by atoms with Gasteiger partial charge in [-0.2, -0.15) is 0 Å². The van der Waals surface area contributed by atoms with Crippen LogP contribution in [0.2, 0.25) is 0 Å². The van der Waals surface area contributed by atoms with Gasteiger partial charge in [0, 0.05) is 12.2 Å². The summed E-state index contributed by atoms with van der Waals surface area (Å²) in [4.78, 5) is 11.5. The highest BCUT2D eigenvalue weighted by Gasteiger charge is 2.03. The first-order valence-electron chi connectivity index (χ1n) is 6.07. The topological polar surface area (TPSA) is 41.1 Å². The Morgan fingerprint density at radius 1 is 1.29 bits per heavy atom. The first-order valence-corrected chi connectivity index (χ1v) is 6.07. The van der Waals surface area contributed by atoms with Gasteiger partial charge in [-0.15, -0.1) is 0 Å². The molecule has 1 amide bonds. The first kappa shape index (κ1) is 13.6. The van der Waals surface area contributed by atoms with E-state index in [0.717, 1.165) is 12.2 Å². The molecule has 3 nitrogen and oxygen atoms in total. The van der Waals surface area contributed by atoms with Crippen LogP contribution in [0.25, 0.3) is 0 Å². The van der Waals surface area contributed by atoms with Crippen molar-refractivity contribution in [2.24, 2.45) is 5.92 Å². The van der Waals surface area contributed by atoms with Gasteiger partial charge in [-0.3, -0.25) is 4.79 Å². The van der Waals surface area contributed by atoms with Crippen molar-refractivity contribution in [3.63, 3.8) is 0 Å². The number of carbonyl (C=O) groups excluding carboxylic acids is 1. The first-order chi connectivity index (χ1) is 7.99. The number of hydrogen-bond acceptors (Lipinski definition) is 2. The van der Waals surface area contributed by atoms with E-state index in [-0.39, 0.29) is 5.91 Å². The molecule has 17 heavy (non-hydrogen) atoms. The highest BCUT2D eigenvalue weighted by molar-refractivity contribution is 5.80. The van der Waals surface area contributed by atoms with Gasteiger partial charge >= 0.3 is 0 Å². The van der Waals surface area contributed by atoms with Crippen molar-refractivity contribution >= 4 is 11.6 Å². The zero-order chi connectivity index (χ0) is 12.8. The molecule has 0 saturated heterocycles. The lowest BCUT2D eigenvalue weighted by molar-refractivity contribution is -0.119. The molecule has 0 aliphatic rings. The summed E-state index contributed by atoms with van der Waals surface area (Å²) in [5.74, 6) is 0.527. The van der Waals surface area contributed by atoms with E-state index in [1.807, 2.05) is 19.1 Å². The van der Waals surface area contributed by atoms with Gasteiger partial charge in [-0.25, -0.2) is 0 Å². The van der Waals surface area contributed by atoms with Crippen molar-refractivity contribution in [3.05, 3.63) is 29.3 Å². The Morgan fingerprint density at radius 2 is 2.00 bits per heavy atom. The molecule has 3 heteroatoms. The summed E-state index contributed by atoms with van der Waals surface area (Å²) in [6.07, 6.45) is 0. The van der Waals surface area contributed by atoms with Crippen LogP contribution in [-0.4, -0.2) is 19.0 Å². The van der Waals surface area contributed by atoms with Crippen LogP contribution in [0.1, 0.15) is 25.0 Å². The lowest BCUT2D eigenvalue weighted by atomic mass is 10.1. The van der Waals surface area contributed by atoms with E-state index in [1.165, 1.54) is 11.1 Å². The Kier molecular flexibility index (Phi) is 5.01. The summed E-state index contributed by atoms with van der Waals surface area (Å²) in [6.45, 7) is 9.33. The molecule has 1 aromatic rings. The number of benzene rings is 1. The predicted molar refractivity (Wildman–Crippen MR) is 72.3 cm³/mol. The molecule has 0 spiro atoms. The quantitative estimate of drug-likeness (QED) is 0.822. The van der Waals surface area contributed by atoms with Gasteiger partial charge in [0.1, 0.15) is 0 Å². The number of anilines is 1. The van der Waals surface area contributed by atoms with Crippen molar-refractivity contribution in [1.82, 2.24) is 5.32 Å². The minimum Gasteiger partial charge on any atom is -0.376 e. The molecule has 2 N–H and O–H groups in total. The molecule has 0 fully saturated rings. The molecule has 0 heterocycles. The van der Waals surface area contributed by atoms with Crippen molar-refractivity contribution in [2.45, 2.75) is 27.7 Å². The normalized spacial score (nSPS) is 10.4. The monoisotopic (exact) mass is 234 g/mol. The number of hydrogen-bond donors (Lipinski definition) is 2. The van der Waals surface area contributed by atoms with Gasteiger partial charge in [0.25, 0.3) is 0 Å². The van der Waals surface area contributed by atoms with Crippen LogP contribution < -0.4 is 10.6 Å². The fraction of sp³-hybridized carbons (Fsp3) is 0.500. The molecular weight excluding hydrogens is 212 g/mol. The summed E-state index contributed by atoms with van der Waals surface area (Å²) < 4.78 is 0. The molecule has 0 unspecified atom stereocenters. The van der Waals surface area contributed by atoms with E-state index in [2.05, 4.69) is 37.5 Å².